The first-order valence-corrected chi connectivity index (χ1v) is 4.79. The van der Waals surface area contributed by atoms with E-state index in [1.807, 2.05) is 0 Å². The van der Waals surface area contributed by atoms with Crippen LogP contribution in [0.15, 0.2) is 0 Å². The summed E-state index contributed by atoms with van der Waals surface area (Å²) in [6, 6.07) is -0.0486. The summed E-state index contributed by atoms with van der Waals surface area (Å²) >= 11 is 0. The molecule has 13 heavy (non-hydrogen) atoms. The lowest BCUT2D eigenvalue weighted by molar-refractivity contribution is -0.137. The van der Waals surface area contributed by atoms with E-state index in [1.54, 1.807) is 18.9 Å². The molecule has 1 amide bonds. The first-order valence-electron chi connectivity index (χ1n) is 4.79. The quantitative estimate of drug-likeness (QED) is 0.629. The third-order valence-corrected chi connectivity index (χ3v) is 2.36. The molecular formula is C9H18N2O2. The molecular weight excluding hydrogens is 168 g/mol. The van der Waals surface area contributed by atoms with Gasteiger partial charge in [-0.25, -0.2) is 0 Å². The lowest BCUT2D eigenvalue weighted by Crippen LogP contribution is -2.51. The monoisotopic (exact) mass is 186 g/mol. The molecule has 0 bridgehead atoms. The van der Waals surface area contributed by atoms with Gasteiger partial charge in [0.15, 0.2) is 0 Å². The largest absolute Gasteiger partial charge is 0.392 e. The van der Waals surface area contributed by atoms with Gasteiger partial charge in [-0.05, 0) is 26.8 Å². The summed E-state index contributed by atoms with van der Waals surface area (Å²) < 4.78 is 0. The molecule has 4 nitrogen and oxygen atoms in total. The molecule has 2 N–H and O–H groups in total. The Balaban J connectivity index is 2.50. The van der Waals surface area contributed by atoms with Crippen molar-refractivity contribution in [1.82, 2.24) is 10.2 Å². The van der Waals surface area contributed by atoms with Gasteiger partial charge in [0, 0.05) is 13.1 Å². The fraction of sp³-hybridized carbons (Fsp3) is 0.889. The van der Waals surface area contributed by atoms with Gasteiger partial charge in [-0.15, -0.1) is 0 Å². The van der Waals surface area contributed by atoms with Crippen LogP contribution in [0.1, 0.15) is 19.8 Å². The maximum absolute atomic E-state index is 11.6. The van der Waals surface area contributed by atoms with Crippen molar-refractivity contribution in [1.29, 1.82) is 0 Å². The maximum Gasteiger partial charge on any atom is 0.239 e. The number of β-amino-alcohol motifs (C(OH)–C–C–N with tert-alkyl or cyclic N) is 1. The van der Waals surface area contributed by atoms with Crippen molar-refractivity contribution in [2.45, 2.75) is 31.9 Å². The Hall–Kier alpha value is -0.610. The van der Waals surface area contributed by atoms with Crippen molar-refractivity contribution in [2.75, 3.05) is 20.1 Å². The van der Waals surface area contributed by atoms with Crippen molar-refractivity contribution in [3.05, 3.63) is 0 Å². The number of likely N-dealkylation sites (N-methyl/N-ethyl adjacent to an activating group) is 1. The number of aliphatic hydroxyl groups excluding tert-OH is 1. The molecule has 0 aromatic carbocycles. The minimum atomic E-state index is -0.431. The number of piperidine rings is 1. The van der Waals surface area contributed by atoms with E-state index in [1.165, 1.54) is 0 Å². The average Bonchev–Trinajstić information content (AvgIpc) is 2.08. The summed E-state index contributed by atoms with van der Waals surface area (Å²) in [5, 5.41) is 12.2. The molecule has 2 atom stereocenters. The molecule has 4 heteroatoms. The number of nitrogens with zero attached hydrogens (tertiary/aromatic N) is 1. The summed E-state index contributed by atoms with van der Waals surface area (Å²) in [5.41, 5.74) is 0. The Labute approximate surface area is 78.9 Å². The van der Waals surface area contributed by atoms with Crippen molar-refractivity contribution in [3.63, 3.8) is 0 Å². The van der Waals surface area contributed by atoms with Crippen LogP contribution in [0.3, 0.4) is 0 Å². The highest BCUT2D eigenvalue weighted by Crippen LogP contribution is 2.11. The number of aliphatic hydroxyl groups is 1. The highest BCUT2D eigenvalue weighted by atomic mass is 16.3. The van der Waals surface area contributed by atoms with Crippen molar-refractivity contribution < 1.29 is 9.90 Å². The topological polar surface area (TPSA) is 52.6 Å². The second-order valence-electron chi connectivity index (χ2n) is 3.62. The van der Waals surface area contributed by atoms with Gasteiger partial charge in [0.25, 0.3) is 0 Å². The third-order valence-electron chi connectivity index (χ3n) is 2.36. The molecule has 0 radical (unpaired) electrons. The van der Waals surface area contributed by atoms with Gasteiger partial charge >= 0.3 is 0 Å². The van der Waals surface area contributed by atoms with Crippen LogP contribution in [0.4, 0.5) is 0 Å². The number of carbonyl (C=O) groups excluding carboxylic acids is 1. The van der Waals surface area contributed by atoms with Gasteiger partial charge in [-0.1, -0.05) is 0 Å². The number of nitrogens with one attached hydrogen (secondary N) is 1. The smallest absolute Gasteiger partial charge is 0.239 e. The Morgan fingerprint density at radius 3 is 3.00 bits per heavy atom. The van der Waals surface area contributed by atoms with Gasteiger partial charge in [0.1, 0.15) is 0 Å². The van der Waals surface area contributed by atoms with Crippen molar-refractivity contribution in [3.8, 4) is 0 Å². The number of hydrogen-bond acceptors (Lipinski definition) is 3. The summed E-state index contributed by atoms with van der Waals surface area (Å²) in [6.45, 7) is 2.94. The van der Waals surface area contributed by atoms with Crippen LogP contribution in [0.25, 0.3) is 0 Å². The van der Waals surface area contributed by atoms with Crippen molar-refractivity contribution >= 4 is 5.91 Å². The van der Waals surface area contributed by atoms with Crippen LogP contribution >= 0.6 is 0 Å². The zero-order chi connectivity index (χ0) is 9.84. The Kier molecular flexibility index (Phi) is 3.69. The van der Waals surface area contributed by atoms with E-state index >= 15 is 0 Å². The van der Waals surface area contributed by atoms with E-state index in [2.05, 4.69) is 5.32 Å². The second kappa shape index (κ2) is 4.58. The normalized spacial score (nSPS) is 26.2. The van der Waals surface area contributed by atoms with Gasteiger partial charge in [-0.3, -0.25) is 4.79 Å². The summed E-state index contributed by atoms with van der Waals surface area (Å²) in [5.74, 6) is 0.120. The second-order valence-corrected chi connectivity index (χ2v) is 3.62. The van der Waals surface area contributed by atoms with Gasteiger partial charge in [0.2, 0.25) is 5.91 Å². The number of rotatable bonds is 3. The Morgan fingerprint density at radius 1 is 1.77 bits per heavy atom. The Morgan fingerprint density at radius 2 is 2.46 bits per heavy atom. The van der Waals surface area contributed by atoms with E-state index in [0.717, 1.165) is 19.4 Å². The van der Waals surface area contributed by atoms with Crippen LogP contribution in [0, 0.1) is 0 Å². The fourth-order valence-corrected chi connectivity index (χ4v) is 1.71. The zero-order valence-corrected chi connectivity index (χ0v) is 8.29. The minimum absolute atomic E-state index is 0.0486. The fourth-order valence-electron chi connectivity index (χ4n) is 1.71. The molecule has 76 valence electrons. The Bertz CT molecular complexity index is 182. The number of carbonyl (C=O) groups is 1. The van der Waals surface area contributed by atoms with Crippen LogP contribution in [-0.4, -0.2) is 48.2 Å². The molecule has 0 spiro atoms. The molecule has 1 aliphatic rings. The average molecular weight is 186 g/mol. The number of likely N-dealkylation sites (tertiary alicyclic amines) is 1. The van der Waals surface area contributed by atoms with E-state index in [0.29, 0.717) is 6.54 Å². The summed E-state index contributed by atoms with van der Waals surface area (Å²) in [4.78, 5) is 13.4. The molecule has 1 rings (SSSR count). The van der Waals surface area contributed by atoms with Gasteiger partial charge in [0.05, 0.1) is 12.1 Å². The molecule has 0 aliphatic carbocycles. The van der Waals surface area contributed by atoms with Crippen LogP contribution in [0.2, 0.25) is 0 Å². The predicted octanol–water partition coefficient (Wildman–Crippen LogP) is -0.422. The number of hydrogen-bond donors (Lipinski definition) is 2. The van der Waals surface area contributed by atoms with E-state index < -0.39 is 6.10 Å². The molecule has 0 aromatic heterocycles. The first-order chi connectivity index (χ1) is 6.15. The molecule has 1 fully saturated rings. The van der Waals surface area contributed by atoms with E-state index in [9.17, 15) is 4.79 Å². The SMILES string of the molecule is CNC1CCCN(CC(C)O)C1=O. The van der Waals surface area contributed by atoms with Crippen LogP contribution in [-0.2, 0) is 4.79 Å². The standard InChI is InChI=1S/C9H18N2O2/c1-7(12)6-11-5-3-4-8(10-2)9(11)13/h7-8,10,12H,3-6H2,1-2H3. The molecule has 1 heterocycles. The van der Waals surface area contributed by atoms with E-state index in [-0.39, 0.29) is 11.9 Å². The highest BCUT2D eigenvalue weighted by molar-refractivity contribution is 5.82. The van der Waals surface area contributed by atoms with E-state index in [4.69, 9.17) is 5.11 Å². The van der Waals surface area contributed by atoms with Crippen LogP contribution in [0.5, 0.6) is 0 Å². The first kappa shape index (κ1) is 10.5. The van der Waals surface area contributed by atoms with Crippen molar-refractivity contribution in [2.24, 2.45) is 0 Å². The van der Waals surface area contributed by atoms with Gasteiger partial charge in [-0.2, -0.15) is 0 Å². The van der Waals surface area contributed by atoms with Crippen LogP contribution < -0.4 is 5.32 Å². The summed E-state index contributed by atoms with van der Waals surface area (Å²) in [7, 11) is 1.80. The lowest BCUT2D eigenvalue weighted by atomic mass is 10.0. The highest BCUT2D eigenvalue weighted by Gasteiger charge is 2.27. The zero-order valence-electron chi connectivity index (χ0n) is 8.29. The lowest BCUT2D eigenvalue weighted by Gasteiger charge is -2.32. The maximum atomic E-state index is 11.6. The number of amides is 1. The molecule has 1 aliphatic heterocycles. The molecule has 0 aromatic rings. The molecule has 0 saturated carbocycles. The predicted molar refractivity (Wildman–Crippen MR) is 50.3 cm³/mol. The summed E-state index contributed by atoms with van der Waals surface area (Å²) in [6.07, 6.45) is 1.50. The third kappa shape index (κ3) is 2.67. The molecule has 2 unspecified atom stereocenters. The van der Waals surface area contributed by atoms with Gasteiger partial charge < -0.3 is 15.3 Å². The molecule has 1 saturated heterocycles. The minimum Gasteiger partial charge on any atom is -0.392 e.